The zero-order chi connectivity index (χ0) is 46.2. The molecule has 13 N–H and O–H groups in total. The molecule has 10 atom stereocenters. The Labute approximate surface area is 357 Å². The Hall–Kier alpha value is -6.82. The highest BCUT2D eigenvalue weighted by molar-refractivity contribution is 5.94. The van der Waals surface area contributed by atoms with E-state index in [0.717, 1.165) is 24.3 Å². The second-order valence-electron chi connectivity index (χ2n) is 15.4. The summed E-state index contributed by atoms with van der Waals surface area (Å²) in [5.41, 5.74) is -3.19. The summed E-state index contributed by atoms with van der Waals surface area (Å²) in [4.78, 5) is 28.8. The molecule has 2 aliphatic rings. The normalized spacial score (nSPS) is 26.0. The van der Waals surface area contributed by atoms with Crippen molar-refractivity contribution in [3.63, 3.8) is 0 Å². The second kappa shape index (κ2) is 16.4. The van der Waals surface area contributed by atoms with Crippen LogP contribution in [0, 0.1) is 0 Å². The van der Waals surface area contributed by atoms with E-state index in [1.807, 2.05) is 0 Å². The van der Waals surface area contributed by atoms with E-state index in [4.69, 9.17) is 27.8 Å². The minimum absolute atomic E-state index is 0.00670. The monoisotopic (exact) mass is 892 g/mol. The van der Waals surface area contributed by atoms with E-state index in [-0.39, 0.29) is 39.0 Å². The first-order chi connectivity index (χ1) is 30.3. The number of ether oxygens (including phenoxy) is 4. The SMILES string of the molecule is C[C@@H]1O[C@@H](Oc2c(-c3ccc(O)c(O)c3)oc3ccc(Cc4c(O)c(O)c(O)c5c(=O)c(O[C@@H]6O[C@@H](C)[C@H](O)[C@@H](O)[C@H]6O)c(-c6ccc(O)c(O)c6)oc45)cc3c2=O)[C@H](O)[C@H](O)[C@H]1O. The van der Waals surface area contributed by atoms with Gasteiger partial charge in [0.25, 0.3) is 0 Å². The zero-order valence-corrected chi connectivity index (χ0v) is 33.3. The van der Waals surface area contributed by atoms with Crippen LogP contribution in [-0.2, 0) is 15.9 Å². The van der Waals surface area contributed by atoms with Crippen molar-refractivity contribution in [1.82, 2.24) is 0 Å². The van der Waals surface area contributed by atoms with Crippen LogP contribution in [0.5, 0.6) is 51.7 Å². The van der Waals surface area contributed by atoms with Crippen molar-refractivity contribution in [2.75, 3.05) is 0 Å². The van der Waals surface area contributed by atoms with Gasteiger partial charge >= 0.3 is 0 Å². The number of benzene rings is 4. The number of hydrogen-bond acceptors (Lipinski definition) is 21. The van der Waals surface area contributed by atoms with Gasteiger partial charge in [0, 0.05) is 23.1 Å². The molecule has 21 heteroatoms. The molecule has 2 fully saturated rings. The molecular weight excluding hydrogens is 852 g/mol. The molecule has 0 bridgehead atoms. The lowest BCUT2D eigenvalue weighted by molar-refractivity contribution is -0.268. The third-order valence-corrected chi connectivity index (χ3v) is 11.2. The highest BCUT2D eigenvalue weighted by Gasteiger charge is 2.45. The maximum Gasteiger partial charge on any atom is 0.239 e. The van der Waals surface area contributed by atoms with Gasteiger partial charge in [-0.3, -0.25) is 9.59 Å². The summed E-state index contributed by atoms with van der Waals surface area (Å²) in [6.45, 7) is 2.72. The third kappa shape index (κ3) is 7.38. The van der Waals surface area contributed by atoms with E-state index in [1.165, 1.54) is 44.2 Å². The van der Waals surface area contributed by atoms with Crippen molar-refractivity contribution >= 4 is 21.9 Å². The Morgan fingerprint density at radius 3 is 1.55 bits per heavy atom. The number of phenols is 7. The first-order valence-corrected chi connectivity index (χ1v) is 19.4. The number of aromatic hydroxyl groups is 7. The molecule has 0 spiro atoms. The van der Waals surface area contributed by atoms with Gasteiger partial charge in [0.15, 0.2) is 46.0 Å². The third-order valence-electron chi connectivity index (χ3n) is 11.2. The van der Waals surface area contributed by atoms with Crippen LogP contribution in [0.4, 0.5) is 0 Å². The molecule has 4 heterocycles. The molecule has 4 aromatic carbocycles. The van der Waals surface area contributed by atoms with Gasteiger partial charge in [0.05, 0.1) is 17.6 Å². The fourth-order valence-corrected chi connectivity index (χ4v) is 7.51. The minimum Gasteiger partial charge on any atom is -0.504 e. The second-order valence-corrected chi connectivity index (χ2v) is 15.4. The lowest BCUT2D eigenvalue weighted by Crippen LogP contribution is -2.58. The summed E-state index contributed by atoms with van der Waals surface area (Å²) in [6.07, 6.45) is -16.8. The summed E-state index contributed by atoms with van der Waals surface area (Å²) >= 11 is 0. The smallest absolute Gasteiger partial charge is 0.239 e. The quantitative estimate of drug-likeness (QED) is 0.0954. The molecule has 338 valence electrons. The van der Waals surface area contributed by atoms with Gasteiger partial charge in [0.2, 0.25) is 40.7 Å². The first-order valence-electron chi connectivity index (χ1n) is 19.4. The van der Waals surface area contributed by atoms with Crippen molar-refractivity contribution in [3.05, 3.63) is 86.2 Å². The van der Waals surface area contributed by atoms with E-state index in [1.54, 1.807) is 0 Å². The Bertz CT molecular complexity index is 2920. The minimum atomic E-state index is -1.95. The van der Waals surface area contributed by atoms with E-state index >= 15 is 0 Å². The molecule has 2 aliphatic heterocycles. The Kier molecular flexibility index (Phi) is 11.2. The zero-order valence-electron chi connectivity index (χ0n) is 33.3. The fourth-order valence-electron chi connectivity index (χ4n) is 7.51. The van der Waals surface area contributed by atoms with Crippen LogP contribution in [0.3, 0.4) is 0 Å². The average molecular weight is 893 g/mol. The summed E-state index contributed by atoms with van der Waals surface area (Å²) in [6, 6.07) is 10.6. The fraction of sp³-hybridized carbons (Fsp3) is 0.302. The van der Waals surface area contributed by atoms with Crippen LogP contribution >= 0.6 is 0 Å². The first kappa shape index (κ1) is 43.8. The van der Waals surface area contributed by atoms with Crippen LogP contribution in [0.15, 0.2) is 73.0 Å². The van der Waals surface area contributed by atoms with E-state index in [9.17, 15) is 76.0 Å². The van der Waals surface area contributed by atoms with Crippen LogP contribution in [-0.4, -0.2) is 128 Å². The van der Waals surface area contributed by atoms with Gasteiger partial charge in [-0.25, -0.2) is 0 Å². The number of aliphatic hydroxyl groups excluding tert-OH is 6. The molecule has 21 nitrogen and oxygen atoms in total. The van der Waals surface area contributed by atoms with Gasteiger partial charge in [0.1, 0.15) is 53.2 Å². The number of phenolic OH excluding ortho intramolecular Hbond substituents is 7. The standard InChI is InChI=1S/C43H40O21/c1-13-26(48)32(54)35(57)42(59-13)63-40-29(51)18-9-15(3-8-24(18)61-37(40)16-4-6-20(44)22(46)11-16)10-19-28(50)34(56)30(52)25-31(53)41(64-43-36(58)33(55)27(49)14(2)60-43)38(62-39(19)25)17-5-7-21(45)23(47)12-17/h3-9,11-14,26-27,32-33,35-36,42-50,52,54-58H,10H2,1-2H3/t13-,14-,26-,27-,32+,33+,35+,36+,42-,43-/m0/s1. The molecule has 0 aliphatic carbocycles. The summed E-state index contributed by atoms with van der Waals surface area (Å²) in [5, 5.41) is 136. The van der Waals surface area contributed by atoms with Gasteiger partial charge in [-0.15, -0.1) is 0 Å². The van der Waals surface area contributed by atoms with E-state index < -0.39 is 147 Å². The number of aliphatic hydroxyl groups is 6. The molecule has 8 rings (SSSR count). The molecular formula is C43H40O21. The average Bonchev–Trinajstić information content (AvgIpc) is 3.27. The Morgan fingerprint density at radius 1 is 0.531 bits per heavy atom. The van der Waals surface area contributed by atoms with Crippen molar-refractivity contribution in [2.45, 2.75) is 81.7 Å². The van der Waals surface area contributed by atoms with Gasteiger partial charge in [-0.1, -0.05) is 6.07 Å². The molecule has 0 radical (unpaired) electrons. The number of hydrogen-bond donors (Lipinski definition) is 13. The molecule has 0 saturated carbocycles. The lowest BCUT2D eigenvalue weighted by atomic mass is 9.97. The maximum absolute atomic E-state index is 14.4. The van der Waals surface area contributed by atoms with Crippen LogP contribution in [0.2, 0.25) is 0 Å². The van der Waals surface area contributed by atoms with Crippen molar-refractivity contribution in [2.24, 2.45) is 0 Å². The van der Waals surface area contributed by atoms with Crippen molar-refractivity contribution < 1.29 is 94.2 Å². The predicted octanol–water partition coefficient (Wildman–Crippen LogP) is 1.18. The van der Waals surface area contributed by atoms with Gasteiger partial charge in [-0.05, 0) is 67.9 Å². The Balaban J connectivity index is 1.29. The Morgan fingerprint density at radius 2 is 1.03 bits per heavy atom. The molecule has 6 aromatic rings. The summed E-state index contributed by atoms with van der Waals surface area (Å²) in [5.74, 6) is -8.05. The number of rotatable bonds is 8. The molecule has 64 heavy (non-hydrogen) atoms. The van der Waals surface area contributed by atoms with E-state index in [2.05, 4.69) is 0 Å². The molecule has 0 unspecified atom stereocenters. The predicted molar refractivity (Wildman–Crippen MR) is 216 cm³/mol. The van der Waals surface area contributed by atoms with Crippen LogP contribution in [0.1, 0.15) is 25.0 Å². The lowest BCUT2D eigenvalue weighted by Gasteiger charge is -2.38. The highest BCUT2D eigenvalue weighted by Crippen LogP contribution is 2.48. The summed E-state index contributed by atoms with van der Waals surface area (Å²) < 4.78 is 34.9. The molecule has 2 aromatic heterocycles. The number of fused-ring (bicyclic) bond motifs is 2. The van der Waals surface area contributed by atoms with Gasteiger partial charge < -0.3 is 94.2 Å². The molecule has 2 saturated heterocycles. The highest BCUT2D eigenvalue weighted by atomic mass is 16.7. The molecule has 0 amide bonds. The van der Waals surface area contributed by atoms with Crippen molar-refractivity contribution in [1.29, 1.82) is 0 Å². The van der Waals surface area contributed by atoms with Crippen LogP contribution in [0.25, 0.3) is 44.6 Å². The topological polar surface area (TPSA) is 360 Å². The maximum atomic E-state index is 14.4. The van der Waals surface area contributed by atoms with Gasteiger partial charge in [-0.2, -0.15) is 0 Å². The summed E-state index contributed by atoms with van der Waals surface area (Å²) in [7, 11) is 0. The largest absolute Gasteiger partial charge is 0.504 e. The van der Waals surface area contributed by atoms with E-state index in [0.29, 0.717) is 0 Å². The van der Waals surface area contributed by atoms with Crippen LogP contribution < -0.4 is 20.3 Å². The van der Waals surface area contributed by atoms with Crippen molar-refractivity contribution in [3.8, 4) is 74.4 Å².